The van der Waals surface area contributed by atoms with Crippen LogP contribution in [0.2, 0.25) is 5.02 Å². The zero-order valence-corrected chi connectivity index (χ0v) is 21.9. The van der Waals surface area contributed by atoms with Gasteiger partial charge in [-0.05, 0) is 67.1 Å². The molecule has 33 heavy (non-hydrogen) atoms. The van der Waals surface area contributed by atoms with Crippen LogP contribution in [0.25, 0.3) is 10.9 Å². The summed E-state index contributed by atoms with van der Waals surface area (Å²) >= 11 is 6.31. The quantitative estimate of drug-likeness (QED) is 0.528. The van der Waals surface area contributed by atoms with Crippen LogP contribution in [0.4, 0.5) is 0 Å². The van der Waals surface area contributed by atoms with Crippen molar-refractivity contribution in [1.29, 1.82) is 0 Å². The largest absolute Gasteiger partial charge is 0.380 e. The molecule has 1 N–H and O–H groups in total. The van der Waals surface area contributed by atoms with Gasteiger partial charge in [0.15, 0.2) is 5.75 Å². The molecule has 1 amide bonds. The van der Waals surface area contributed by atoms with Gasteiger partial charge in [-0.15, -0.1) is 0 Å². The third-order valence-electron chi connectivity index (χ3n) is 7.39. The van der Waals surface area contributed by atoms with Crippen molar-refractivity contribution in [2.75, 3.05) is 6.26 Å². The van der Waals surface area contributed by atoms with E-state index >= 15 is 0 Å². The minimum Gasteiger partial charge on any atom is -0.380 e. The topological polar surface area (TPSA) is 79.5 Å². The van der Waals surface area contributed by atoms with Crippen molar-refractivity contribution in [1.82, 2.24) is 9.88 Å². The third-order valence-corrected chi connectivity index (χ3v) is 8.16. The number of H-pyrrole nitrogens is 1. The highest BCUT2D eigenvalue weighted by molar-refractivity contribution is 7.86. The van der Waals surface area contributed by atoms with Crippen molar-refractivity contribution in [3.05, 3.63) is 28.9 Å². The van der Waals surface area contributed by atoms with Gasteiger partial charge in [0.2, 0.25) is 5.91 Å². The number of fused-ring (bicyclic) bond motifs is 3. The van der Waals surface area contributed by atoms with Crippen LogP contribution in [0.15, 0.2) is 18.3 Å². The first kappa shape index (κ1) is 24.4. The number of benzene rings is 1. The number of nitrogens with one attached hydrogen (secondary N) is 1. The first-order chi connectivity index (χ1) is 15.2. The van der Waals surface area contributed by atoms with E-state index in [2.05, 4.69) is 37.6 Å². The van der Waals surface area contributed by atoms with Crippen molar-refractivity contribution >= 4 is 38.5 Å². The van der Waals surface area contributed by atoms with Gasteiger partial charge in [-0.3, -0.25) is 4.79 Å². The normalized spacial score (nSPS) is 28.0. The Morgan fingerprint density at radius 3 is 2.64 bits per heavy atom. The zero-order valence-electron chi connectivity index (χ0n) is 20.4. The first-order valence-electron chi connectivity index (χ1n) is 11.7. The molecule has 2 aliphatic rings. The van der Waals surface area contributed by atoms with Gasteiger partial charge >= 0.3 is 10.1 Å². The van der Waals surface area contributed by atoms with Gasteiger partial charge in [-0.1, -0.05) is 39.3 Å². The van der Waals surface area contributed by atoms with E-state index in [1.165, 1.54) is 6.42 Å². The van der Waals surface area contributed by atoms with E-state index in [0.717, 1.165) is 36.6 Å². The lowest BCUT2D eigenvalue weighted by atomic mass is 9.58. The number of piperidine rings is 1. The molecular formula is C25H35ClN2O4S. The molecule has 4 rings (SSSR count). The number of nitrogens with zero attached hydrogens (tertiary/aromatic N) is 1. The molecule has 2 aromatic rings. The molecule has 2 fully saturated rings. The standard InChI is InChI=1S/C25H35ClN2O4S/c1-15(18-13-27-20-8-7-19(26)23(22(18)20)32-33(6,30)31)9-21(29)28-16(2)10-25(5)12-17(28)11-24(3,4)14-25/h7-8,13,15-17,27H,9-12,14H2,1-6H3. The fourth-order valence-corrected chi connectivity index (χ4v) is 7.56. The summed E-state index contributed by atoms with van der Waals surface area (Å²) in [6.45, 7) is 11.2. The number of carbonyl (C=O) groups excluding carboxylic acids is 1. The van der Waals surface area contributed by atoms with Gasteiger partial charge in [0.05, 0.1) is 11.3 Å². The molecule has 1 aromatic carbocycles. The molecule has 1 aliphatic heterocycles. The summed E-state index contributed by atoms with van der Waals surface area (Å²) in [6, 6.07) is 3.88. The molecule has 1 aliphatic carbocycles. The predicted molar refractivity (Wildman–Crippen MR) is 132 cm³/mol. The predicted octanol–water partition coefficient (Wildman–Crippen LogP) is 5.86. The number of likely N-dealkylation sites (tertiary alicyclic amines) is 1. The molecule has 1 saturated heterocycles. The highest BCUT2D eigenvalue weighted by atomic mass is 35.5. The minimum atomic E-state index is -3.76. The van der Waals surface area contributed by atoms with Crippen LogP contribution in [0.1, 0.15) is 78.2 Å². The van der Waals surface area contributed by atoms with Crippen LogP contribution in [-0.2, 0) is 14.9 Å². The SMILES string of the molecule is CC(CC(=O)N1C(C)CC2(C)CC1CC(C)(C)C2)c1c[nH]c2ccc(Cl)c(OS(C)(=O)=O)c12. The van der Waals surface area contributed by atoms with E-state index in [9.17, 15) is 13.2 Å². The maximum absolute atomic E-state index is 13.6. The van der Waals surface area contributed by atoms with E-state index in [-0.39, 0.29) is 40.1 Å². The number of carbonyl (C=O) groups is 1. The van der Waals surface area contributed by atoms with Gasteiger partial charge in [0.1, 0.15) is 0 Å². The molecule has 2 heterocycles. The lowest BCUT2D eigenvalue weighted by molar-refractivity contribution is -0.147. The van der Waals surface area contributed by atoms with Crippen LogP contribution in [0.3, 0.4) is 0 Å². The molecule has 4 unspecified atom stereocenters. The van der Waals surface area contributed by atoms with Crippen molar-refractivity contribution in [3.63, 3.8) is 0 Å². The summed E-state index contributed by atoms with van der Waals surface area (Å²) in [5, 5.41) is 0.840. The van der Waals surface area contributed by atoms with Crippen LogP contribution in [-0.4, -0.2) is 42.5 Å². The van der Waals surface area contributed by atoms with Gasteiger partial charge in [-0.25, -0.2) is 0 Å². The first-order valence-corrected chi connectivity index (χ1v) is 13.9. The Bertz CT molecular complexity index is 1180. The van der Waals surface area contributed by atoms with E-state index in [1.807, 2.05) is 13.1 Å². The number of rotatable bonds is 5. The summed E-state index contributed by atoms with van der Waals surface area (Å²) in [6.07, 6.45) is 7.50. The number of aromatic amines is 1. The highest BCUT2D eigenvalue weighted by Crippen LogP contribution is 2.53. The van der Waals surface area contributed by atoms with E-state index < -0.39 is 10.1 Å². The summed E-state index contributed by atoms with van der Waals surface area (Å²) in [5.41, 5.74) is 2.08. The molecule has 2 bridgehead atoms. The van der Waals surface area contributed by atoms with Gasteiger partial charge in [0, 0.05) is 35.6 Å². The average molecular weight is 495 g/mol. The number of amides is 1. The zero-order chi connectivity index (χ0) is 24.3. The third kappa shape index (κ3) is 4.90. The Morgan fingerprint density at radius 1 is 1.27 bits per heavy atom. The number of halogens is 1. The van der Waals surface area contributed by atoms with E-state index in [0.29, 0.717) is 17.2 Å². The molecule has 0 spiro atoms. The molecular weight excluding hydrogens is 460 g/mol. The molecule has 1 aromatic heterocycles. The van der Waals surface area contributed by atoms with Gasteiger partial charge in [0.25, 0.3) is 0 Å². The van der Waals surface area contributed by atoms with Crippen LogP contribution in [0.5, 0.6) is 5.75 Å². The highest BCUT2D eigenvalue weighted by Gasteiger charge is 2.49. The molecule has 4 atom stereocenters. The Hall–Kier alpha value is -1.73. The summed E-state index contributed by atoms with van der Waals surface area (Å²) in [7, 11) is -3.76. The average Bonchev–Trinajstić information content (AvgIpc) is 3.05. The van der Waals surface area contributed by atoms with E-state index in [4.69, 9.17) is 15.8 Å². The summed E-state index contributed by atoms with van der Waals surface area (Å²) in [5.74, 6) is 0.133. The number of hydrogen-bond acceptors (Lipinski definition) is 4. The number of aromatic nitrogens is 1. The second kappa shape index (κ2) is 8.19. The number of hydrogen-bond donors (Lipinski definition) is 1. The maximum Gasteiger partial charge on any atom is 0.306 e. The molecule has 6 nitrogen and oxygen atoms in total. The Labute approximate surface area is 202 Å². The van der Waals surface area contributed by atoms with Crippen LogP contribution >= 0.6 is 11.6 Å². The Balaban J connectivity index is 1.62. The molecule has 8 heteroatoms. The van der Waals surface area contributed by atoms with Crippen molar-refractivity contribution in [2.24, 2.45) is 10.8 Å². The second-order valence-corrected chi connectivity index (χ2v) is 13.5. The van der Waals surface area contributed by atoms with Gasteiger partial charge < -0.3 is 14.1 Å². The maximum atomic E-state index is 13.6. The second-order valence-electron chi connectivity index (χ2n) is 11.5. The fraction of sp³-hybridized carbons (Fsp3) is 0.640. The lowest BCUT2D eigenvalue weighted by Gasteiger charge is -2.57. The summed E-state index contributed by atoms with van der Waals surface area (Å²) < 4.78 is 28.9. The van der Waals surface area contributed by atoms with E-state index in [1.54, 1.807) is 12.1 Å². The van der Waals surface area contributed by atoms with Crippen molar-refractivity contribution < 1.29 is 17.4 Å². The van der Waals surface area contributed by atoms with Gasteiger partial charge in [-0.2, -0.15) is 8.42 Å². The minimum absolute atomic E-state index is 0.114. The monoisotopic (exact) mass is 494 g/mol. The molecule has 182 valence electrons. The molecule has 0 radical (unpaired) electrons. The van der Waals surface area contributed by atoms with Crippen LogP contribution < -0.4 is 4.18 Å². The fourth-order valence-electron chi connectivity index (χ4n) is 6.84. The van der Waals surface area contributed by atoms with Crippen molar-refractivity contribution in [2.45, 2.75) is 84.7 Å². The molecule has 1 saturated carbocycles. The smallest absolute Gasteiger partial charge is 0.306 e. The Kier molecular flexibility index (Phi) is 6.06. The summed E-state index contributed by atoms with van der Waals surface area (Å²) in [4.78, 5) is 18.9. The lowest BCUT2D eigenvalue weighted by Crippen LogP contribution is -2.58. The Morgan fingerprint density at radius 2 is 1.97 bits per heavy atom. The van der Waals surface area contributed by atoms with Crippen molar-refractivity contribution in [3.8, 4) is 5.75 Å². The van der Waals surface area contributed by atoms with Crippen LogP contribution in [0, 0.1) is 10.8 Å².